The highest BCUT2D eigenvalue weighted by atomic mass is 32.2. The molecular formula is C13H19N5OS. The highest BCUT2D eigenvalue weighted by Crippen LogP contribution is 2.25. The summed E-state index contributed by atoms with van der Waals surface area (Å²) in [6.45, 7) is 6.42. The van der Waals surface area contributed by atoms with Crippen molar-refractivity contribution in [2.75, 3.05) is 17.2 Å². The zero-order valence-corrected chi connectivity index (χ0v) is 12.8. The summed E-state index contributed by atoms with van der Waals surface area (Å²) in [5.41, 5.74) is 9.71. The summed E-state index contributed by atoms with van der Waals surface area (Å²) in [5.74, 6) is 1.87. The molecule has 0 bridgehead atoms. The van der Waals surface area contributed by atoms with E-state index >= 15 is 0 Å². The quantitative estimate of drug-likeness (QED) is 0.840. The number of aromatic nitrogens is 4. The van der Waals surface area contributed by atoms with Crippen LogP contribution in [0.3, 0.4) is 0 Å². The van der Waals surface area contributed by atoms with Crippen molar-refractivity contribution in [3.8, 4) is 11.4 Å². The molecule has 2 rings (SSSR count). The molecule has 0 saturated carbocycles. The van der Waals surface area contributed by atoms with Crippen molar-refractivity contribution in [1.82, 2.24) is 20.2 Å². The van der Waals surface area contributed by atoms with E-state index in [0.29, 0.717) is 23.9 Å². The standard InChI is InChI=1S/C13H19N5OS/c1-4-20(19)6-5-18-13(15-16-17-18)11-8-12(14)10(3)7-9(11)2/h7-8H,4-6,14H2,1-3H3. The van der Waals surface area contributed by atoms with Crippen LogP contribution in [-0.2, 0) is 17.3 Å². The summed E-state index contributed by atoms with van der Waals surface area (Å²) in [6.07, 6.45) is 0. The van der Waals surface area contributed by atoms with Gasteiger partial charge < -0.3 is 5.73 Å². The van der Waals surface area contributed by atoms with Gasteiger partial charge in [-0.3, -0.25) is 4.21 Å². The van der Waals surface area contributed by atoms with Crippen molar-refractivity contribution < 1.29 is 4.21 Å². The van der Waals surface area contributed by atoms with Crippen LogP contribution in [0.25, 0.3) is 11.4 Å². The molecule has 108 valence electrons. The molecule has 1 heterocycles. The van der Waals surface area contributed by atoms with Crippen LogP contribution in [0.5, 0.6) is 0 Å². The number of rotatable bonds is 5. The van der Waals surface area contributed by atoms with Crippen LogP contribution in [0.1, 0.15) is 18.1 Å². The Morgan fingerprint density at radius 2 is 2.05 bits per heavy atom. The fourth-order valence-corrected chi connectivity index (χ4v) is 2.66. The van der Waals surface area contributed by atoms with Crippen molar-refractivity contribution in [3.05, 3.63) is 23.3 Å². The molecule has 1 aromatic carbocycles. The zero-order valence-electron chi connectivity index (χ0n) is 12.0. The molecule has 1 aromatic heterocycles. The Morgan fingerprint density at radius 1 is 1.30 bits per heavy atom. The monoisotopic (exact) mass is 293 g/mol. The van der Waals surface area contributed by atoms with Crippen molar-refractivity contribution in [2.24, 2.45) is 0 Å². The number of hydrogen-bond donors (Lipinski definition) is 1. The largest absolute Gasteiger partial charge is 0.398 e. The minimum atomic E-state index is -0.831. The van der Waals surface area contributed by atoms with Crippen LogP contribution in [-0.4, -0.2) is 35.9 Å². The highest BCUT2D eigenvalue weighted by Gasteiger charge is 2.13. The molecule has 0 aliphatic heterocycles. The first-order valence-corrected chi connectivity index (χ1v) is 8.00. The second-order valence-electron chi connectivity index (χ2n) is 4.68. The Hall–Kier alpha value is -1.76. The number of tetrazole rings is 1. The summed E-state index contributed by atoms with van der Waals surface area (Å²) < 4.78 is 13.2. The lowest BCUT2D eigenvalue weighted by molar-refractivity contribution is 0.624. The second kappa shape index (κ2) is 6.13. The topological polar surface area (TPSA) is 86.7 Å². The molecule has 0 aliphatic rings. The molecule has 2 aromatic rings. The van der Waals surface area contributed by atoms with E-state index in [4.69, 9.17) is 5.73 Å². The van der Waals surface area contributed by atoms with Gasteiger partial charge in [-0.1, -0.05) is 13.0 Å². The third-order valence-corrected chi connectivity index (χ3v) is 4.52. The molecule has 0 amide bonds. The van der Waals surface area contributed by atoms with Gasteiger partial charge in [0.2, 0.25) is 0 Å². The molecular weight excluding hydrogens is 274 g/mol. The maximum Gasteiger partial charge on any atom is 0.182 e. The van der Waals surface area contributed by atoms with E-state index in [9.17, 15) is 4.21 Å². The van der Waals surface area contributed by atoms with Crippen LogP contribution in [0.2, 0.25) is 0 Å². The minimum absolute atomic E-state index is 0.538. The summed E-state index contributed by atoms with van der Waals surface area (Å²) in [6, 6.07) is 3.91. The number of benzene rings is 1. The first kappa shape index (κ1) is 14.6. The van der Waals surface area contributed by atoms with Gasteiger partial charge in [0.1, 0.15) is 0 Å². The Balaban J connectivity index is 2.32. The van der Waals surface area contributed by atoms with E-state index in [1.54, 1.807) is 4.68 Å². The highest BCUT2D eigenvalue weighted by molar-refractivity contribution is 7.84. The second-order valence-corrected chi connectivity index (χ2v) is 6.55. The summed E-state index contributed by atoms with van der Waals surface area (Å²) >= 11 is 0. The van der Waals surface area contributed by atoms with Crippen LogP contribution in [0.15, 0.2) is 12.1 Å². The van der Waals surface area contributed by atoms with Crippen molar-refractivity contribution in [1.29, 1.82) is 0 Å². The normalized spacial score (nSPS) is 12.6. The van der Waals surface area contributed by atoms with Crippen LogP contribution in [0, 0.1) is 13.8 Å². The smallest absolute Gasteiger partial charge is 0.182 e. The van der Waals surface area contributed by atoms with Crippen molar-refractivity contribution in [2.45, 2.75) is 27.3 Å². The van der Waals surface area contributed by atoms with E-state index in [1.165, 1.54) is 0 Å². The van der Waals surface area contributed by atoms with Crippen LogP contribution in [0.4, 0.5) is 5.69 Å². The molecule has 2 N–H and O–H groups in total. The first-order chi connectivity index (χ1) is 9.52. The Kier molecular flexibility index (Phi) is 4.49. The molecule has 0 spiro atoms. The van der Waals surface area contributed by atoms with Gasteiger partial charge in [0, 0.05) is 33.6 Å². The van der Waals surface area contributed by atoms with Crippen LogP contribution >= 0.6 is 0 Å². The van der Waals surface area contributed by atoms with Crippen molar-refractivity contribution >= 4 is 16.5 Å². The van der Waals surface area contributed by atoms with E-state index in [2.05, 4.69) is 15.5 Å². The van der Waals surface area contributed by atoms with E-state index in [-0.39, 0.29) is 0 Å². The summed E-state index contributed by atoms with van der Waals surface area (Å²) in [4.78, 5) is 0. The molecule has 1 atom stereocenters. The SMILES string of the molecule is CCS(=O)CCn1nnnc1-c1cc(N)c(C)cc1C. The molecule has 0 aliphatic carbocycles. The molecule has 20 heavy (non-hydrogen) atoms. The summed E-state index contributed by atoms with van der Waals surface area (Å²) in [7, 11) is -0.831. The lowest BCUT2D eigenvalue weighted by Gasteiger charge is -2.09. The number of anilines is 1. The van der Waals surface area contributed by atoms with Gasteiger partial charge in [0.25, 0.3) is 0 Å². The minimum Gasteiger partial charge on any atom is -0.398 e. The van der Waals surface area contributed by atoms with Gasteiger partial charge in [-0.25, -0.2) is 4.68 Å². The number of nitrogens with two attached hydrogens (primary N) is 1. The number of aryl methyl sites for hydroxylation is 3. The van der Waals surface area contributed by atoms with E-state index in [1.807, 2.05) is 32.9 Å². The molecule has 0 saturated heterocycles. The molecule has 0 fully saturated rings. The van der Waals surface area contributed by atoms with Crippen molar-refractivity contribution in [3.63, 3.8) is 0 Å². The van der Waals surface area contributed by atoms with Crippen LogP contribution < -0.4 is 5.73 Å². The lowest BCUT2D eigenvalue weighted by Crippen LogP contribution is -2.12. The third-order valence-electron chi connectivity index (χ3n) is 3.24. The Bertz CT molecular complexity index is 638. The maximum atomic E-state index is 11.5. The predicted octanol–water partition coefficient (Wildman–Crippen LogP) is 1.31. The zero-order chi connectivity index (χ0) is 14.7. The van der Waals surface area contributed by atoms with Gasteiger partial charge in [-0.2, -0.15) is 0 Å². The Labute approximate surface area is 120 Å². The molecule has 6 nitrogen and oxygen atoms in total. The van der Waals surface area contributed by atoms with Gasteiger partial charge in [-0.05, 0) is 41.5 Å². The number of nitrogen functional groups attached to an aromatic ring is 1. The predicted molar refractivity (Wildman–Crippen MR) is 80.7 cm³/mol. The van der Waals surface area contributed by atoms with Gasteiger partial charge in [-0.15, -0.1) is 5.10 Å². The van der Waals surface area contributed by atoms with E-state index in [0.717, 1.165) is 22.4 Å². The number of hydrogen-bond acceptors (Lipinski definition) is 5. The maximum absolute atomic E-state index is 11.5. The van der Waals surface area contributed by atoms with Gasteiger partial charge >= 0.3 is 0 Å². The lowest BCUT2D eigenvalue weighted by atomic mass is 10.0. The first-order valence-electron chi connectivity index (χ1n) is 6.51. The molecule has 7 heteroatoms. The average Bonchev–Trinajstić information content (AvgIpc) is 2.88. The number of nitrogens with zero attached hydrogens (tertiary/aromatic N) is 4. The fraction of sp³-hybridized carbons (Fsp3) is 0.462. The average molecular weight is 293 g/mol. The van der Waals surface area contributed by atoms with E-state index < -0.39 is 10.8 Å². The molecule has 1 unspecified atom stereocenters. The van der Waals surface area contributed by atoms with Gasteiger partial charge in [0.15, 0.2) is 5.82 Å². The third kappa shape index (κ3) is 3.04. The Morgan fingerprint density at radius 3 is 2.75 bits per heavy atom. The fourth-order valence-electron chi connectivity index (χ4n) is 1.99. The van der Waals surface area contributed by atoms with Gasteiger partial charge in [0.05, 0.1) is 6.54 Å². The molecule has 0 radical (unpaired) electrons. The summed E-state index contributed by atoms with van der Waals surface area (Å²) in [5, 5.41) is 11.8.